The van der Waals surface area contributed by atoms with Crippen molar-refractivity contribution < 1.29 is 9.72 Å². The number of carbonyl (C=O) groups excluding carboxylic acids is 1. The maximum absolute atomic E-state index is 12.0. The molecule has 7 heteroatoms. The third-order valence-electron chi connectivity index (χ3n) is 2.30. The molecule has 6 nitrogen and oxygen atoms in total. The summed E-state index contributed by atoms with van der Waals surface area (Å²) in [5.74, 6) is -0.321. The number of benzene rings is 1. The van der Waals surface area contributed by atoms with Crippen LogP contribution in [-0.2, 0) is 0 Å². The predicted molar refractivity (Wildman–Crippen MR) is 73.0 cm³/mol. The van der Waals surface area contributed by atoms with Crippen LogP contribution < -0.4 is 0 Å². The Bertz CT molecular complexity index is 525. The first-order valence-corrected chi connectivity index (χ1v) is 6.11. The molecule has 0 aliphatic carbocycles. The van der Waals surface area contributed by atoms with Gasteiger partial charge in [-0.2, -0.15) is 5.26 Å². The van der Waals surface area contributed by atoms with Crippen LogP contribution in [0.25, 0.3) is 0 Å². The van der Waals surface area contributed by atoms with Gasteiger partial charge in [-0.1, -0.05) is 0 Å². The molecule has 1 rings (SSSR count). The number of rotatable bonds is 4. The molecular weight excluding hydrogens is 349 g/mol. The number of non-ortho nitro benzene ring substituents is 1. The van der Waals surface area contributed by atoms with Crippen molar-refractivity contribution >= 4 is 34.2 Å². The van der Waals surface area contributed by atoms with Crippen molar-refractivity contribution in [2.45, 2.75) is 6.42 Å². The van der Waals surface area contributed by atoms with Gasteiger partial charge in [0.2, 0.25) is 0 Å². The van der Waals surface area contributed by atoms with Crippen molar-refractivity contribution in [2.75, 3.05) is 13.6 Å². The molecule has 0 heterocycles. The number of hydrogen-bond acceptors (Lipinski definition) is 4. The molecule has 0 aromatic heterocycles. The van der Waals surface area contributed by atoms with Crippen LogP contribution in [0, 0.1) is 25.0 Å². The zero-order valence-corrected chi connectivity index (χ0v) is 11.7. The topological polar surface area (TPSA) is 87.2 Å². The third kappa shape index (κ3) is 3.40. The first-order chi connectivity index (χ1) is 8.47. The van der Waals surface area contributed by atoms with E-state index in [2.05, 4.69) is 0 Å². The largest absolute Gasteiger partial charge is 0.341 e. The quantitative estimate of drug-likeness (QED) is 0.468. The fourth-order valence-corrected chi connectivity index (χ4v) is 1.88. The Morgan fingerprint density at radius 1 is 1.61 bits per heavy atom. The average Bonchev–Trinajstić information content (AvgIpc) is 2.35. The van der Waals surface area contributed by atoms with Gasteiger partial charge in [-0.25, -0.2) is 0 Å². The second-order valence-electron chi connectivity index (χ2n) is 3.56. The van der Waals surface area contributed by atoms with E-state index in [1.807, 2.05) is 28.7 Å². The Balaban J connectivity index is 3.01. The standard InChI is InChI=1S/C11H10IN3O3/c1-14(6-2-5-13)11(16)9-7-8(15(17)18)3-4-10(9)12/h3-4,7H,2,6H2,1H3. The Morgan fingerprint density at radius 2 is 2.28 bits per heavy atom. The van der Waals surface area contributed by atoms with Crippen molar-refractivity contribution in [3.63, 3.8) is 0 Å². The maximum Gasteiger partial charge on any atom is 0.270 e. The summed E-state index contributed by atoms with van der Waals surface area (Å²) in [7, 11) is 1.56. The Morgan fingerprint density at radius 3 is 2.83 bits per heavy atom. The van der Waals surface area contributed by atoms with Crippen LogP contribution in [0.1, 0.15) is 16.8 Å². The molecule has 0 saturated carbocycles. The summed E-state index contributed by atoms with van der Waals surface area (Å²) in [5.41, 5.74) is 0.165. The monoisotopic (exact) mass is 359 g/mol. The van der Waals surface area contributed by atoms with E-state index in [1.54, 1.807) is 7.05 Å². The molecule has 0 fully saturated rings. The second kappa shape index (κ2) is 6.30. The molecule has 0 N–H and O–H groups in total. The number of halogens is 1. The lowest BCUT2D eigenvalue weighted by Gasteiger charge is -2.16. The van der Waals surface area contributed by atoms with E-state index in [4.69, 9.17) is 5.26 Å². The fourth-order valence-electron chi connectivity index (χ4n) is 1.32. The lowest BCUT2D eigenvalue weighted by atomic mass is 10.2. The van der Waals surface area contributed by atoms with Crippen LogP contribution in [0.3, 0.4) is 0 Å². The summed E-state index contributed by atoms with van der Waals surface area (Å²) in [6.45, 7) is 0.300. The molecular formula is C11H10IN3O3. The second-order valence-corrected chi connectivity index (χ2v) is 4.72. The minimum absolute atomic E-state index is 0.118. The van der Waals surface area contributed by atoms with Crippen molar-refractivity contribution in [1.29, 1.82) is 5.26 Å². The summed E-state index contributed by atoms with van der Waals surface area (Å²) >= 11 is 1.95. The lowest BCUT2D eigenvalue weighted by Crippen LogP contribution is -2.28. The normalized spacial score (nSPS) is 9.61. The first kappa shape index (κ1) is 14.4. The highest BCUT2D eigenvalue weighted by atomic mass is 127. The Hall–Kier alpha value is -1.69. The van der Waals surface area contributed by atoms with E-state index >= 15 is 0 Å². The van der Waals surface area contributed by atoms with Gasteiger partial charge in [-0.3, -0.25) is 14.9 Å². The molecule has 0 radical (unpaired) electrons. The average molecular weight is 359 g/mol. The number of carbonyl (C=O) groups is 1. The van der Waals surface area contributed by atoms with Crippen molar-refractivity contribution in [2.24, 2.45) is 0 Å². The van der Waals surface area contributed by atoms with Crippen molar-refractivity contribution in [3.05, 3.63) is 37.4 Å². The zero-order valence-electron chi connectivity index (χ0n) is 9.59. The molecule has 94 valence electrons. The van der Waals surface area contributed by atoms with Crippen LogP contribution in [0.2, 0.25) is 0 Å². The van der Waals surface area contributed by atoms with Crippen LogP contribution in [0.4, 0.5) is 5.69 Å². The number of nitriles is 1. The lowest BCUT2D eigenvalue weighted by molar-refractivity contribution is -0.384. The van der Waals surface area contributed by atoms with Crippen molar-refractivity contribution in [1.82, 2.24) is 4.90 Å². The van der Waals surface area contributed by atoms with E-state index < -0.39 is 4.92 Å². The fraction of sp³-hybridized carbons (Fsp3) is 0.273. The van der Waals surface area contributed by atoms with E-state index in [-0.39, 0.29) is 23.6 Å². The summed E-state index contributed by atoms with van der Waals surface area (Å²) in [6, 6.07) is 6.09. The number of nitro groups is 1. The molecule has 1 aromatic rings. The molecule has 0 atom stereocenters. The van der Waals surface area contributed by atoms with Gasteiger partial charge < -0.3 is 4.90 Å². The van der Waals surface area contributed by atoms with Gasteiger partial charge in [0.25, 0.3) is 11.6 Å². The smallest absolute Gasteiger partial charge is 0.270 e. The maximum atomic E-state index is 12.0. The van der Waals surface area contributed by atoms with Crippen LogP contribution in [0.5, 0.6) is 0 Å². The van der Waals surface area contributed by atoms with Crippen LogP contribution >= 0.6 is 22.6 Å². The molecule has 18 heavy (non-hydrogen) atoms. The number of nitro benzene ring substituents is 1. The molecule has 1 aromatic carbocycles. The first-order valence-electron chi connectivity index (χ1n) is 5.03. The van der Waals surface area contributed by atoms with Gasteiger partial charge >= 0.3 is 0 Å². The van der Waals surface area contributed by atoms with Crippen molar-refractivity contribution in [3.8, 4) is 6.07 Å². The van der Waals surface area contributed by atoms with Crippen LogP contribution in [0.15, 0.2) is 18.2 Å². The van der Waals surface area contributed by atoms with E-state index in [0.717, 1.165) is 0 Å². The number of amides is 1. The molecule has 0 unspecified atom stereocenters. The molecule has 0 bridgehead atoms. The molecule has 0 saturated heterocycles. The molecule has 1 amide bonds. The summed E-state index contributed by atoms with van der Waals surface area (Å²) in [5, 5.41) is 19.1. The Labute approximate surface area is 117 Å². The third-order valence-corrected chi connectivity index (χ3v) is 3.24. The molecule has 0 aliphatic heterocycles. The van der Waals surface area contributed by atoms with Crippen LogP contribution in [-0.4, -0.2) is 29.3 Å². The van der Waals surface area contributed by atoms with Gasteiger partial charge in [0.15, 0.2) is 0 Å². The minimum Gasteiger partial charge on any atom is -0.341 e. The summed E-state index contributed by atoms with van der Waals surface area (Å²) in [4.78, 5) is 23.5. The highest BCUT2D eigenvalue weighted by Gasteiger charge is 2.18. The highest BCUT2D eigenvalue weighted by Crippen LogP contribution is 2.20. The Kier molecular flexibility index (Phi) is 5.03. The van der Waals surface area contributed by atoms with Gasteiger partial charge in [0.1, 0.15) is 0 Å². The highest BCUT2D eigenvalue weighted by molar-refractivity contribution is 14.1. The summed E-state index contributed by atoms with van der Waals surface area (Å²) < 4.78 is 0.645. The van der Waals surface area contributed by atoms with E-state index in [9.17, 15) is 14.9 Å². The predicted octanol–water partition coefficient (Wildman–Crippen LogP) is 2.19. The number of hydrogen-bond donors (Lipinski definition) is 0. The van der Waals surface area contributed by atoms with Gasteiger partial charge in [0, 0.05) is 29.3 Å². The molecule has 0 spiro atoms. The number of nitrogens with zero attached hydrogens (tertiary/aromatic N) is 3. The van der Waals surface area contributed by atoms with E-state index in [1.165, 1.54) is 23.1 Å². The molecule has 0 aliphatic rings. The minimum atomic E-state index is -0.540. The van der Waals surface area contributed by atoms with E-state index in [0.29, 0.717) is 10.1 Å². The van der Waals surface area contributed by atoms with Gasteiger partial charge in [-0.05, 0) is 28.7 Å². The van der Waals surface area contributed by atoms with Gasteiger partial charge in [-0.15, -0.1) is 0 Å². The summed E-state index contributed by atoms with van der Waals surface area (Å²) in [6.07, 6.45) is 0.230. The van der Waals surface area contributed by atoms with Gasteiger partial charge in [0.05, 0.1) is 23.0 Å². The zero-order chi connectivity index (χ0) is 13.7. The SMILES string of the molecule is CN(CCC#N)C(=O)c1cc([N+](=O)[O-])ccc1I.